The topological polar surface area (TPSA) is 83.5 Å². The van der Waals surface area contributed by atoms with E-state index in [9.17, 15) is 19.5 Å². The summed E-state index contributed by atoms with van der Waals surface area (Å²) < 4.78 is 5.53. The van der Waals surface area contributed by atoms with E-state index >= 15 is 0 Å². The van der Waals surface area contributed by atoms with Crippen LogP contribution in [0.2, 0.25) is 0 Å². The first kappa shape index (κ1) is 26.3. The van der Waals surface area contributed by atoms with Crippen molar-refractivity contribution >= 4 is 40.9 Å². The smallest absolute Gasteiger partial charge is 0.356 e. The Bertz CT molecular complexity index is 1050. The molecular weight excluding hydrogens is 459 g/mol. The van der Waals surface area contributed by atoms with E-state index in [-0.39, 0.29) is 25.2 Å². The molecule has 5 nitrogen and oxygen atoms in total. The Balaban J connectivity index is 2.35. The summed E-state index contributed by atoms with van der Waals surface area (Å²) in [5.41, 5.74) is -2.02. The summed E-state index contributed by atoms with van der Waals surface area (Å²) >= 11 is 0. The number of hydrogen-bond acceptors (Lipinski definition) is 5. The van der Waals surface area contributed by atoms with Crippen molar-refractivity contribution in [3.63, 3.8) is 0 Å². The van der Waals surface area contributed by atoms with Crippen LogP contribution in [-0.4, -0.2) is 30.0 Å². The van der Waals surface area contributed by atoms with Gasteiger partial charge in [0, 0.05) is 12.4 Å². The zero-order valence-corrected chi connectivity index (χ0v) is 21.2. The minimum Gasteiger partial charge on any atom is -0.550 e. The first-order chi connectivity index (χ1) is 16.7. The lowest BCUT2D eigenvalue weighted by atomic mass is 9.83. The summed E-state index contributed by atoms with van der Waals surface area (Å²) in [4.78, 5) is 39.2. The number of aliphatic carboxylic acids is 1. The van der Waals surface area contributed by atoms with Crippen molar-refractivity contribution < 1.29 is 24.2 Å². The van der Waals surface area contributed by atoms with Crippen molar-refractivity contribution in [2.24, 2.45) is 5.41 Å². The fraction of sp³-hybridized carbons (Fsp3) is 0.276. The molecule has 0 aromatic heterocycles. The fourth-order valence-electron chi connectivity index (χ4n) is 4.63. The molecule has 182 valence electrons. The molecule has 3 aromatic rings. The van der Waals surface area contributed by atoms with E-state index in [1.165, 1.54) is 0 Å². The lowest BCUT2D eigenvalue weighted by Gasteiger charge is -2.34. The van der Waals surface area contributed by atoms with Crippen LogP contribution in [0.1, 0.15) is 33.6 Å². The molecule has 0 spiro atoms. The Kier molecular flexibility index (Phi) is 8.58. The summed E-state index contributed by atoms with van der Waals surface area (Å²) in [6.07, 6.45) is -0.388. The quantitative estimate of drug-likeness (QED) is 0.234. The van der Waals surface area contributed by atoms with Gasteiger partial charge in [-0.2, -0.15) is 0 Å². The van der Waals surface area contributed by atoms with E-state index in [2.05, 4.69) is 0 Å². The lowest BCUT2D eigenvalue weighted by molar-refractivity contribution is -0.307. The zero-order chi connectivity index (χ0) is 25.5. The molecule has 0 saturated carbocycles. The standard InChI is InChI=1S/C29H31O5P/c1-4-34-28(33)27(25(30)20-29(2,3)21-26(31)32)35(22-14-8-5-9-15-22,23-16-10-6-11-17-23)24-18-12-7-13-19-24/h5-19,27H,4,20-21H2,1-3H3. The number of carboxylic acid groups (broad SMARTS) is 1. The predicted octanol–water partition coefficient (Wildman–Crippen LogP) is 3.04. The SMILES string of the molecule is CCOC(=O)C(C(=O)CC(C)(C)CC(=O)[O-])[P+](c1ccccc1)(c1ccccc1)c1ccccc1. The highest BCUT2D eigenvalue weighted by atomic mass is 31.2. The Morgan fingerprint density at radius 3 is 1.51 bits per heavy atom. The van der Waals surface area contributed by atoms with Gasteiger partial charge >= 0.3 is 5.97 Å². The molecule has 0 amide bonds. The average Bonchev–Trinajstić information content (AvgIpc) is 2.83. The van der Waals surface area contributed by atoms with Gasteiger partial charge in [-0.1, -0.05) is 68.4 Å². The average molecular weight is 491 g/mol. The molecule has 0 aliphatic rings. The van der Waals surface area contributed by atoms with Crippen molar-refractivity contribution in [2.45, 2.75) is 39.3 Å². The van der Waals surface area contributed by atoms with Crippen molar-refractivity contribution in [2.75, 3.05) is 6.61 Å². The maximum Gasteiger partial charge on any atom is 0.356 e. The van der Waals surface area contributed by atoms with Gasteiger partial charge in [0.25, 0.3) is 0 Å². The molecule has 35 heavy (non-hydrogen) atoms. The minimum atomic E-state index is -2.91. The van der Waals surface area contributed by atoms with Gasteiger partial charge in [0.05, 0.1) is 6.61 Å². The van der Waals surface area contributed by atoms with Crippen LogP contribution in [0.5, 0.6) is 0 Å². The first-order valence-corrected chi connectivity index (χ1v) is 13.5. The number of ether oxygens (including phenoxy) is 1. The molecule has 0 aliphatic carbocycles. The van der Waals surface area contributed by atoms with Crippen molar-refractivity contribution in [1.82, 2.24) is 0 Å². The van der Waals surface area contributed by atoms with Gasteiger partial charge in [0.2, 0.25) is 5.66 Å². The molecule has 0 heterocycles. The summed E-state index contributed by atoms with van der Waals surface area (Å²) in [5, 5.41) is 14.0. The Morgan fingerprint density at radius 1 is 0.771 bits per heavy atom. The van der Waals surface area contributed by atoms with E-state index < -0.39 is 30.3 Å². The second kappa shape index (κ2) is 11.4. The third kappa shape index (κ3) is 5.86. The first-order valence-electron chi connectivity index (χ1n) is 11.7. The summed E-state index contributed by atoms with van der Waals surface area (Å²) in [7, 11) is -2.91. The van der Waals surface area contributed by atoms with Crippen molar-refractivity contribution in [3.05, 3.63) is 91.0 Å². The molecule has 3 aromatic carbocycles. The number of hydrogen-bond donors (Lipinski definition) is 0. The molecule has 0 fully saturated rings. The van der Waals surface area contributed by atoms with Crippen LogP contribution >= 0.6 is 7.26 Å². The Morgan fingerprint density at radius 2 is 1.17 bits per heavy atom. The van der Waals surface area contributed by atoms with Crippen LogP contribution in [-0.2, 0) is 19.1 Å². The van der Waals surface area contributed by atoms with Gasteiger partial charge in [0.15, 0.2) is 5.78 Å². The number of rotatable bonds is 11. The van der Waals surface area contributed by atoms with E-state index in [0.29, 0.717) is 0 Å². The van der Waals surface area contributed by atoms with Crippen LogP contribution < -0.4 is 21.0 Å². The van der Waals surface area contributed by atoms with E-state index in [1.807, 2.05) is 91.0 Å². The highest BCUT2D eigenvalue weighted by Gasteiger charge is 2.60. The molecule has 1 unspecified atom stereocenters. The molecule has 1 atom stereocenters. The molecule has 0 aliphatic heterocycles. The van der Waals surface area contributed by atoms with Gasteiger partial charge in [0.1, 0.15) is 23.2 Å². The largest absolute Gasteiger partial charge is 0.550 e. The van der Waals surface area contributed by atoms with Crippen LogP contribution in [0.25, 0.3) is 0 Å². The van der Waals surface area contributed by atoms with Crippen molar-refractivity contribution in [1.29, 1.82) is 0 Å². The van der Waals surface area contributed by atoms with Crippen LogP contribution in [0.4, 0.5) is 0 Å². The monoisotopic (exact) mass is 490 g/mol. The molecule has 3 rings (SSSR count). The molecule has 0 saturated heterocycles. The Hall–Kier alpha value is -3.30. The number of esters is 1. The number of carbonyl (C=O) groups is 3. The maximum absolute atomic E-state index is 14.1. The summed E-state index contributed by atoms with van der Waals surface area (Å²) in [5.74, 6) is -2.16. The van der Waals surface area contributed by atoms with Crippen molar-refractivity contribution in [3.8, 4) is 0 Å². The fourth-order valence-corrected chi connectivity index (χ4v) is 9.26. The van der Waals surface area contributed by atoms with Gasteiger partial charge < -0.3 is 14.6 Å². The van der Waals surface area contributed by atoms with Crippen LogP contribution in [0, 0.1) is 5.41 Å². The molecule has 6 heteroatoms. The normalized spacial score (nSPS) is 12.5. The third-order valence-corrected chi connectivity index (χ3v) is 10.6. The second-order valence-corrected chi connectivity index (χ2v) is 12.8. The number of carboxylic acids is 1. The van der Waals surface area contributed by atoms with Crippen LogP contribution in [0.15, 0.2) is 91.0 Å². The molecule has 0 N–H and O–H groups in total. The van der Waals surface area contributed by atoms with Gasteiger partial charge in [-0.3, -0.25) is 4.79 Å². The molecule has 0 radical (unpaired) electrons. The summed E-state index contributed by atoms with van der Waals surface area (Å²) in [6, 6.07) is 28.9. The minimum absolute atomic E-state index is 0.0985. The lowest BCUT2D eigenvalue weighted by Crippen LogP contribution is -2.48. The second-order valence-electron chi connectivity index (χ2n) is 9.24. The van der Waals surface area contributed by atoms with E-state index in [0.717, 1.165) is 15.9 Å². The number of benzene rings is 3. The predicted molar refractivity (Wildman–Crippen MR) is 139 cm³/mol. The van der Waals surface area contributed by atoms with Gasteiger partial charge in [-0.05, 0) is 55.2 Å². The Labute approximate surface area is 207 Å². The zero-order valence-electron chi connectivity index (χ0n) is 20.3. The molecular formula is C29H31O5P. The van der Waals surface area contributed by atoms with Gasteiger partial charge in [-0.15, -0.1) is 0 Å². The highest BCUT2D eigenvalue weighted by molar-refractivity contribution is 7.97. The maximum atomic E-state index is 14.1. The van der Waals surface area contributed by atoms with E-state index in [4.69, 9.17) is 4.74 Å². The summed E-state index contributed by atoms with van der Waals surface area (Å²) in [6.45, 7) is 5.25. The number of Topliss-reactive ketones (excluding diaryl/α,β-unsaturated/α-hetero) is 1. The number of ketones is 1. The highest BCUT2D eigenvalue weighted by Crippen LogP contribution is 2.61. The van der Waals surface area contributed by atoms with Crippen LogP contribution in [0.3, 0.4) is 0 Å². The third-order valence-electron chi connectivity index (χ3n) is 5.97. The van der Waals surface area contributed by atoms with E-state index in [1.54, 1.807) is 20.8 Å². The van der Waals surface area contributed by atoms with Gasteiger partial charge in [-0.25, -0.2) is 4.79 Å². The molecule has 0 bridgehead atoms. The number of carbonyl (C=O) groups excluding carboxylic acids is 3.